The molecule has 0 saturated carbocycles. The highest BCUT2D eigenvalue weighted by Crippen LogP contribution is 2.40. The van der Waals surface area contributed by atoms with E-state index < -0.39 is 0 Å². The van der Waals surface area contributed by atoms with Crippen molar-refractivity contribution in [2.24, 2.45) is 7.05 Å². The number of aromatic nitrogens is 2. The first kappa shape index (κ1) is 22.6. The number of likely N-dealkylation sites (tertiary alicyclic amines) is 2. The molecule has 2 aliphatic heterocycles. The Bertz CT molecular complexity index is 1260. The minimum Gasteiger partial charge on any atom is -0.332 e. The van der Waals surface area contributed by atoms with Gasteiger partial charge in [-0.2, -0.15) is 0 Å². The number of rotatable bonds is 5. The molecular formula is C27H31FN4O2. The van der Waals surface area contributed by atoms with Crippen LogP contribution in [0, 0.1) is 12.7 Å². The Balaban J connectivity index is 1.32. The van der Waals surface area contributed by atoms with E-state index in [1.807, 2.05) is 60.0 Å². The van der Waals surface area contributed by atoms with E-state index in [1.54, 1.807) is 16.8 Å². The lowest BCUT2D eigenvalue weighted by molar-refractivity contribution is -0.133. The van der Waals surface area contributed by atoms with E-state index in [4.69, 9.17) is 0 Å². The summed E-state index contributed by atoms with van der Waals surface area (Å²) in [4.78, 5) is 30.3. The van der Waals surface area contributed by atoms with Gasteiger partial charge in [0.25, 0.3) is 5.56 Å². The van der Waals surface area contributed by atoms with Gasteiger partial charge in [0.2, 0.25) is 5.91 Å². The number of nitrogens with zero attached hydrogens (tertiary/aromatic N) is 4. The Labute approximate surface area is 199 Å². The fourth-order valence-corrected chi connectivity index (χ4v) is 5.60. The Kier molecular flexibility index (Phi) is 5.90. The average Bonchev–Trinajstić information content (AvgIpc) is 3.25. The number of halogens is 1. The van der Waals surface area contributed by atoms with Gasteiger partial charge in [-0.3, -0.25) is 19.2 Å². The molecule has 1 aromatic heterocycles. The van der Waals surface area contributed by atoms with Crippen LogP contribution >= 0.6 is 0 Å². The first-order chi connectivity index (χ1) is 16.4. The van der Waals surface area contributed by atoms with Crippen LogP contribution in [0.25, 0.3) is 5.69 Å². The zero-order chi connectivity index (χ0) is 23.9. The first-order valence-electron chi connectivity index (χ1n) is 12.0. The zero-order valence-corrected chi connectivity index (χ0v) is 19.8. The van der Waals surface area contributed by atoms with Crippen molar-refractivity contribution in [1.29, 1.82) is 0 Å². The van der Waals surface area contributed by atoms with Gasteiger partial charge in [-0.1, -0.05) is 36.4 Å². The highest BCUT2D eigenvalue weighted by molar-refractivity contribution is 5.79. The van der Waals surface area contributed by atoms with Crippen molar-refractivity contribution in [1.82, 2.24) is 19.2 Å². The molecule has 0 N–H and O–H groups in total. The molecule has 2 aromatic carbocycles. The molecule has 3 aromatic rings. The van der Waals surface area contributed by atoms with Gasteiger partial charge in [0.05, 0.1) is 11.3 Å². The van der Waals surface area contributed by atoms with Crippen LogP contribution in [-0.2, 0) is 24.9 Å². The molecule has 0 aliphatic carbocycles. The summed E-state index contributed by atoms with van der Waals surface area (Å²) in [5.74, 6) is -0.148. The van der Waals surface area contributed by atoms with Crippen LogP contribution in [0.5, 0.6) is 0 Å². The van der Waals surface area contributed by atoms with Crippen molar-refractivity contribution in [3.63, 3.8) is 0 Å². The molecule has 0 radical (unpaired) electrons. The summed E-state index contributed by atoms with van der Waals surface area (Å²) in [6.45, 7) is 4.52. The van der Waals surface area contributed by atoms with Crippen molar-refractivity contribution in [2.45, 2.75) is 51.2 Å². The molecule has 34 heavy (non-hydrogen) atoms. The fraction of sp³-hybridized carbons (Fsp3) is 0.407. The van der Waals surface area contributed by atoms with E-state index in [1.165, 1.54) is 6.07 Å². The van der Waals surface area contributed by atoms with Gasteiger partial charge in [0.15, 0.2) is 0 Å². The van der Waals surface area contributed by atoms with Gasteiger partial charge in [-0.25, -0.2) is 9.07 Å². The third-order valence-corrected chi connectivity index (χ3v) is 7.81. The number of carbonyl (C=O) groups excluding carboxylic acids is 1. The van der Waals surface area contributed by atoms with Crippen molar-refractivity contribution < 1.29 is 9.18 Å². The highest BCUT2D eigenvalue weighted by Gasteiger charge is 2.47. The molecule has 0 atom stereocenters. The van der Waals surface area contributed by atoms with Crippen molar-refractivity contribution in [3.8, 4) is 5.69 Å². The van der Waals surface area contributed by atoms with Gasteiger partial charge < -0.3 is 4.90 Å². The van der Waals surface area contributed by atoms with E-state index in [0.717, 1.165) is 49.3 Å². The smallest absolute Gasteiger partial charge is 0.276 e. The first-order valence-corrected chi connectivity index (χ1v) is 12.0. The van der Waals surface area contributed by atoms with Gasteiger partial charge in [-0.05, 0) is 44.4 Å². The van der Waals surface area contributed by atoms with Crippen LogP contribution in [-0.4, -0.2) is 43.7 Å². The maximum absolute atomic E-state index is 14.3. The maximum atomic E-state index is 14.3. The summed E-state index contributed by atoms with van der Waals surface area (Å²) in [6.07, 6.45) is 3.02. The number of para-hydroxylation sites is 1. The molecule has 0 bridgehead atoms. The van der Waals surface area contributed by atoms with Gasteiger partial charge in [0.1, 0.15) is 5.82 Å². The number of piperidine rings is 1. The summed E-state index contributed by atoms with van der Waals surface area (Å²) < 4.78 is 17.9. The van der Waals surface area contributed by atoms with E-state index in [9.17, 15) is 14.0 Å². The highest BCUT2D eigenvalue weighted by atomic mass is 19.1. The second-order valence-electron chi connectivity index (χ2n) is 9.61. The second kappa shape index (κ2) is 8.87. The quantitative estimate of drug-likeness (QED) is 0.580. The second-order valence-corrected chi connectivity index (χ2v) is 9.61. The van der Waals surface area contributed by atoms with E-state index in [0.29, 0.717) is 25.1 Å². The van der Waals surface area contributed by atoms with Crippen LogP contribution in [0.3, 0.4) is 0 Å². The number of amides is 1. The number of benzene rings is 2. The molecule has 7 heteroatoms. The lowest BCUT2D eigenvalue weighted by atomic mass is 9.84. The molecule has 0 unspecified atom stereocenters. The lowest BCUT2D eigenvalue weighted by Gasteiger charge is -2.45. The molecule has 2 aliphatic rings. The van der Waals surface area contributed by atoms with Gasteiger partial charge >= 0.3 is 0 Å². The van der Waals surface area contributed by atoms with Crippen molar-refractivity contribution >= 4 is 5.91 Å². The molecule has 3 heterocycles. The Morgan fingerprint density at radius 3 is 2.29 bits per heavy atom. The Morgan fingerprint density at radius 2 is 1.59 bits per heavy atom. The minimum absolute atomic E-state index is 0.0173. The number of hydrogen-bond acceptors (Lipinski definition) is 3. The number of carbonyl (C=O) groups is 1. The fourth-order valence-electron chi connectivity index (χ4n) is 5.60. The van der Waals surface area contributed by atoms with E-state index in [-0.39, 0.29) is 22.8 Å². The zero-order valence-electron chi connectivity index (χ0n) is 19.8. The minimum atomic E-state index is -0.260. The summed E-state index contributed by atoms with van der Waals surface area (Å²) in [7, 11) is 1.92. The average molecular weight is 463 g/mol. The summed E-state index contributed by atoms with van der Waals surface area (Å²) >= 11 is 0. The largest absolute Gasteiger partial charge is 0.332 e. The molecular weight excluding hydrogens is 431 g/mol. The molecule has 2 fully saturated rings. The predicted octanol–water partition coefficient (Wildman–Crippen LogP) is 3.78. The monoisotopic (exact) mass is 462 g/mol. The van der Waals surface area contributed by atoms with Crippen LogP contribution in [0.1, 0.15) is 42.5 Å². The molecule has 178 valence electrons. The molecule has 1 amide bonds. The maximum Gasteiger partial charge on any atom is 0.276 e. The van der Waals surface area contributed by atoms with Crippen molar-refractivity contribution in [3.05, 3.63) is 87.6 Å². The molecule has 2 saturated heterocycles. The van der Waals surface area contributed by atoms with E-state index in [2.05, 4.69) is 4.90 Å². The van der Waals surface area contributed by atoms with Crippen LogP contribution in [0.2, 0.25) is 0 Å². The summed E-state index contributed by atoms with van der Waals surface area (Å²) in [5.41, 5.74) is 3.01. The molecule has 1 spiro atoms. The van der Waals surface area contributed by atoms with Crippen LogP contribution in [0.15, 0.2) is 59.4 Å². The van der Waals surface area contributed by atoms with Crippen molar-refractivity contribution in [2.75, 3.05) is 13.1 Å². The topological polar surface area (TPSA) is 50.5 Å². The molecule has 5 rings (SSSR count). The number of hydrogen-bond donors (Lipinski definition) is 0. The van der Waals surface area contributed by atoms with Gasteiger partial charge in [0, 0.05) is 56.4 Å². The third-order valence-electron chi connectivity index (χ3n) is 7.81. The summed E-state index contributed by atoms with van der Waals surface area (Å²) in [5, 5.41) is 0. The Hall–Kier alpha value is -3.19. The Morgan fingerprint density at radius 1 is 0.912 bits per heavy atom. The normalized spacial score (nSPS) is 18.2. The SMILES string of the molecule is Cc1c(CN2CCC3(CCC(=O)N3Cc3ccccc3F)CC2)c(=O)n(-c2ccccc2)n1C. The van der Waals surface area contributed by atoms with E-state index >= 15 is 0 Å². The van der Waals surface area contributed by atoms with Gasteiger partial charge in [-0.15, -0.1) is 0 Å². The lowest BCUT2D eigenvalue weighted by Crippen LogP contribution is -2.52. The van der Waals surface area contributed by atoms with Crippen LogP contribution < -0.4 is 5.56 Å². The molecule has 6 nitrogen and oxygen atoms in total. The standard InChI is InChI=1S/C27H31FN4O2/c1-20-23(26(34)32(29(20)2)22-9-4-3-5-10-22)19-30-16-14-27(15-17-30)13-12-25(33)31(27)18-21-8-6-7-11-24(21)28/h3-11H,12-19H2,1-2H3. The van der Waals surface area contributed by atoms with Crippen LogP contribution in [0.4, 0.5) is 4.39 Å². The summed E-state index contributed by atoms with van der Waals surface area (Å²) in [6, 6.07) is 16.4. The third kappa shape index (κ3) is 3.88. The predicted molar refractivity (Wildman–Crippen MR) is 129 cm³/mol.